The van der Waals surface area contributed by atoms with Gasteiger partial charge in [0.15, 0.2) is 11.9 Å². The second-order valence-electron chi connectivity index (χ2n) is 15.0. The third kappa shape index (κ3) is 3.79. The fraction of sp³-hybridized carbons (Fsp3) is 0.735. The maximum Gasteiger partial charge on any atom is 0.304 e. The van der Waals surface area contributed by atoms with E-state index in [1.807, 2.05) is 19.9 Å². The van der Waals surface area contributed by atoms with Gasteiger partial charge in [-0.05, 0) is 37.3 Å². The van der Waals surface area contributed by atoms with E-state index in [1.54, 1.807) is 19.5 Å². The van der Waals surface area contributed by atoms with Crippen molar-refractivity contribution in [1.82, 2.24) is 0 Å². The first-order chi connectivity index (χ1) is 22.0. The fourth-order valence-corrected chi connectivity index (χ4v) is 11.6. The van der Waals surface area contributed by atoms with Gasteiger partial charge in [-0.1, -0.05) is 13.8 Å². The normalized spacial score (nSPS) is 48.9. The highest BCUT2D eigenvalue weighted by molar-refractivity contribution is 5.93. The SMILES string of the molecule is CC(=O)O[C@@H]1OC[C@@]23[C@H]4C(=O)[C@H](OC(C)=O)[C@@]5(C)[C@H](c6ccoc6)C[C@H]6O[C@]65[C@]4(C)[C@H](OC(C)=O)C[C@H]2[C@@]1(C)[C@H](OC(C)=O)C[C@@H]3O. The minimum Gasteiger partial charge on any atom is -0.472 e. The number of aliphatic hydroxyl groups excluding tert-OH is 1. The summed E-state index contributed by atoms with van der Waals surface area (Å²) in [6.45, 7) is 10.4. The maximum atomic E-state index is 15.4. The number of ketones is 1. The van der Waals surface area contributed by atoms with E-state index in [-0.39, 0.29) is 25.4 Å². The number of hydrogen-bond acceptors (Lipinski definition) is 13. The van der Waals surface area contributed by atoms with Crippen molar-refractivity contribution in [2.24, 2.45) is 33.5 Å². The molecule has 47 heavy (non-hydrogen) atoms. The Labute approximate surface area is 271 Å². The molecule has 0 radical (unpaired) electrons. The summed E-state index contributed by atoms with van der Waals surface area (Å²) < 4.78 is 42.2. The van der Waals surface area contributed by atoms with Crippen LogP contribution in [0.5, 0.6) is 0 Å². The Morgan fingerprint density at radius 3 is 2.09 bits per heavy atom. The van der Waals surface area contributed by atoms with Crippen LogP contribution in [0.25, 0.3) is 0 Å². The molecule has 13 heteroatoms. The molecule has 4 aliphatic carbocycles. The van der Waals surface area contributed by atoms with Gasteiger partial charge in [0.25, 0.3) is 0 Å². The highest BCUT2D eigenvalue weighted by Gasteiger charge is 2.93. The van der Waals surface area contributed by atoms with E-state index < -0.39 is 106 Å². The lowest BCUT2D eigenvalue weighted by Crippen LogP contribution is -2.82. The molecule has 6 fully saturated rings. The molecule has 1 spiro atoms. The second kappa shape index (κ2) is 10.1. The zero-order valence-electron chi connectivity index (χ0n) is 27.6. The fourth-order valence-electron chi connectivity index (χ4n) is 11.6. The number of Topliss-reactive ketones (excluding diaryl/α,β-unsaturated/α-hetero) is 1. The van der Waals surface area contributed by atoms with Crippen molar-refractivity contribution in [3.05, 3.63) is 24.2 Å². The molecule has 1 aromatic rings. The van der Waals surface area contributed by atoms with Crippen molar-refractivity contribution in [2.75, 3.05) is 6.61 Å². The van der Waals surface area contributed by atoms with Crippen molar-refractivity contribution in [3.8, 4) is 0 Å². The van der Waals surface area contributed by atoms with E-state index >= 15 is 4.79 Å². The smallest absolute Gasteiger partial charge is 0.304 e. The molecule has 3 heterocycles. The van der Waals surface area contributed by atoms with E-state index in [9.17, 15) is 24.3 Å². The van der Waals surface area contributed by atoms with Crippen LogP contribution in [-0.2, 0) is 52.4 Å². The summed E-state index contributed by atoms with van der Waals surface area (Å²) in [5, 5.41) is 12.3. The van der Waals surface area contributed by atoms with Crippen LogP contribution >= 0.6 is 0 Å². The summed E-state index contributed by atoms with van der Waals surface area (Å²) in [4.78, 5) is 65.8. The number of hydrogen-bond donors (Lipinski definition) is 1. The average molecular weight is 659 g/mol. The molecular formula is C34H42O13. The molecule has 2 aliphatic heterocycles. The summed E-state index contributed by atoms with van der Waals surface area (Å²) >= 11 is 0. The predicted octanol–water partition coefficient (Wildman–Crippen LogP) is 2.61. The number of fused-ring (bicyclic) bond motifs is 1. The van der Waals surface area contributed by atoms with E-state index in [1.165, 1.54) is 27.7 Å². The number of rotatable bonds is 5. The molecule has 2 bridgehead atoms. The van der Waals surface area contributed by atoms with Crippen LogP contribution in [0.2, 0.25) is 0 Å². The van der Waals surface area contributed by atoms with Crippen molar-refractivity contribution in [1.29, 1.82) is 0 Å². The van der Waals surface area contributed by atoms with E-state index in [0.717, 1.165) is 5.56 Å². The number of epoxide rings is 1. The average Bonchev–Trinajstić information content (AvgIpc) is 3.33. The van der Waals surface area contributed by atoms with Gasteiger partial charge in [0.2, 0.25) is 6.29 Å². The number of aliphatic hydroxyl groups is 1. The lowest BCUT2D eigenvalue weighted by atomic mass is 9.33. The van der Waals surface area contributed by atoms with Gasteiger partial charge in [0.1, 0.15) is 17.8 Å². The van der Waals surface area contributed by atoms with E-state index in [4.69, 9.17) is 32.8 Å². The van der Waals surface area contributed by atoms with Crippen LogP contribution in [-0.4, -0.2) is 83.8 Å². The molecule has 0 aromatic carbocycles. The maximum absolute atomic E-state index is 15.4. The van der Waals surface area contributed by atoms with E-state index in [0.29, 0.717) is 6.42 Å². The van der Waals surface area contributed by atoms with Crippen molar-refractivity contribution in [2.45, 2.75) is 116 Å². The van der Waals surface area contributed by atoms with Gasteiger partial charge in [-0.2, -0.15) is 0 Å². The molecule has 0 unspecified atom stereocenters. The first-order valence-electron chi connectivity index (χ1n) is 16.2. The molecule has 13 nitrogen and oxygen atoms in total. The number of carbonyl (C=O) groups excluding carboxylic acids is 5. The number of carbonyl (C=O) groups is 5. The molecule has 2 saturated heterocycles. The molecular weight excluding hydrogens is 616 g/mol. The highest BCUT2D eigenvalue weighted by atomic mass is 16.7. The van der Waals surface area contributed by atoms with Gasteiger partial charge in [-0.3, -0.25) is 24.0 Å². The summed E-state index contributed by atoms with van der Waals surface area (Å²) in [7, 11) is 0. The van der Waals surface area contributed by atoms with Crippen molar-refractivity contribution in [3.63, 3.8) is 0 Å². The third-order valence-corrected chi connectivity index (χ3v) is 13.1. The Balaban J connectivity index is 1.47. The van der Waals surface area contributed by atoms with Gasteiger partial charge in [-0.15, -0.1) is 0 Å². The first-order valence-corrected chi connectivity index (χ1v) is 16.2. The number of esters is 4. The third-order valence-electron chi connectivity index (χ3n) is 13.1. The van der Waals surface area contributed by atoms with Crippen LogP contribution in [0.1, 0.15) is 79.2 Å². The van der Waals surface area contributed by atoms with Crippen molar-refractivity contribution >= 4 is 29.7 Å². The zero-order chi connectivity index (χ0) is 34.1. The molecule has 1 N–H and O–H groups in total. The van der Waals surface area contributed by atoms with E-state index in [2.05, 4.69) is 0 Å². The Kier molecular flexibility index (Phi) is 6.94. The van der Waals surface area contributed by atoms with Crippen LogP contribution in [0.3, 0.4) is 0 Å². The Morgan fingerprint density at radius 1 is 0.851 bits per heavy atom. The minimum atomic E-state index is -1.36. The molecule has 256 valence electrons. The summed E-state index contributed by atoms with van der Waals surface area (Å²) in [5.74, 6) is -5.06. The largest absolute Gasteiger partial charge is 0.472 e. The van der Waals surface area contributed by atoms with Gasteiger partial charge >= 0.3 is 23.9 Å². The first kappa shape index (κ1) is 32.3. The number of furan rings is 1. The zero-order valence-corrected chi connectivity index (χ0v) is 27.6. The van der Waals surface area contributed by atoms with Crippen LogP contribution in [0, 0.1) is 33.5 Å². The minimum absolute atomic E-state index is 0.0732. The quantitative estimate of drug-likeness (QED) is 0.278. The summed E-state index contributed by atoms with van der Waals surface area (Å²) in [6, 6.07) is 1.83. The molecule has 0 amide bonds. The monoisotopic (exact) mass is 658 g/mol. The Bertz CT molecular complexity index is 1540. The van der Waals surface area contributed by atoms with Crippen LogP contribution < -0.4 is 0 Å². The highest BCUT2D eigenvalue weighted by Crippen LogP contribution is 2.83. The van der Waals surface area contributed by atoms with Gasteiger partial charge in [-0.25, -0.2) is 0 Å². The Morgan fingerprint density at radius 2 is 1.49 bits per heavy atom. The molecule has 14 atom stereocenters. The molecule has 7 rings (SSSR count). The molecule has 1 aromatic heterocycles. The summed E-state index contributed by atoms with van der Waals surface area (Å²) in [6.07, 6.45) is -2.35. The molecule has 4 saturated carbocycles. The van der Waals surface area contributed by atoms with Crippen molar-refractivity contribution < 1.29 is 61.9 Å². The second-order valence-corrected chi connectivity index (χ2v) is 15.0. The predicted molar refractivity (Wildman–Crippen MR) is 156 cm³/mol. The molecule has 6 aliphatic rings. The standard InChI is InChI=1S/C34H42O13/c1-15(35)43-23-12-22(39)33-14-42-29(46-18(4)38)30(23,5)21(33)11-24(44-16(2)36)32(7)27(33)26(40)28(45-17(3)37)31(6)20(19-8-9-41-13-19)10-25-34(31,32)47-25/h8-9,13,20-25,27-29,39H,10-12,14H2,1-7H3/t20-,21-,22-,23+,24+,25+,27-,28-,29-,30-,31+,32+,33+,34+/m0/s1. The van der Waals surface area contributed by atoms with Gasteiger partial charge in [0.05, 0.1) is 42.2 Å². The van der Waals surface area contributed by atoms with Gasteiger partial charge < -0.3 is 37.9 Å². The lowest BCUT2D eigenvalue weighted by Gasteiger charge is -2.73. The topological polar surface area (TPSA) is 177 Å². The summed E-state index contributed by atoms with van der Waals surface area (Å²) in [5.41, 5.74) is -5.29. The van der Waals surface area contributed by atoms with Crippen LogP contribution in [0.15, 0.2) is 23.0 Å². The lowest BCUT2D eigenvalue weighted by molar-refractivity contribution is -0.374. The Hall–Kier alpha value is -3.29. The van der Waals surface area contributed by atoms with Gasteiger partial charge in [0, 0.05) is 56.8 Å². The van der Waals surface area contributed by atoms with Crippen LogP contribution in [0.4, 0.5) is 0 Å². The number of ether oxygens (including phenoxy) is 6.